The summed E-state index contributed by atoms with van der Waals surface area (Å²) in [4.78, 5) is 26.7. The van der Waals surface area contributed by atoms with E-state index in [1.54, 1.807) is 12.1 Å². The highest BCUT2D eigenvalue weighted by Gasteiger charge is 2.28. The van der Waals surface area contributed by atoms with Gasteiger partial charge in [0, 0.05) is 30.8 Å². The van der Waals surface area contributed by atoms with E-state index in [4.69, 9.17) is 9.47 Å². The summed E-state index contributed by atoms with van der Waals surface area (Å²) in [6, 6.07) is 5.17. The number of fused-ring (bicyclic) bond motifs is 1. The third-order valence-corrected chi connectivity index (χ3v) is 5.21. The van der Waals surface area contributed by atoms with Crippen molar-refractivity contribution in [3.05, 3.63) is 18.2 Å². The number of carbonyl (C=O) groups is 2. The van der Waals surface area contributed by atoms with Crippen molar-refractivity contribution < 1.29 is 19.1 Å². The van der Waals surface area contributed by atoms with Crippen LogP contribution in [-0.4, -0.2) is 49.2 Å². The number of anilines is 1. The molecule has 1 aromatic carbocycles. The predicted octanol–water partition coefficient (Wildman–Crippen LogP) is 2.23. The minimum atomic E-state index is -0.237. The van der Waals surface area contributed by atoms with Gasteiger partial charge in [0.15, 0.2) is 11.5 Å². The van der Waals surface area contributed by atoms with Crippen molar-refractivity contribution in [1.29, 1.82) is 0 Å². The minimum absolute atomic E-state index is 0.00362. The largest absolute Gasteiger partial charge is 0.454 e. The van der Waals surface area contributed by atoms with Crippen molar-refractivity contribution in [2.75, 3.05) is 31.7 Å². The zero-order valence-electron chi connectivity index (χ0n) is 16.3. The Kier molecular flexibility index (Phi) is 6.21. The molecule has 0 spiro atoms. The molecule has 0 saturated carbocycles. The summed E-state index contributed by atoms with van der Waals surface area (Å²) in [5.41, 5.74) is 0.703. The molecule has 0 aromatic heterocycles. The van der Waals surface area contributed by atoms with E-state index in [2.05, 4.69) is 15.5 Å². The van der Waals surface area contributed by atoms with E-state index >= 15 is 0 Å². The maximum Gasteiger partial charge on any atom is 0.241 e. The molecule has 2 aliphatic heterocycles. The SMILES string of the molecule is CC(C)C(=O)NCC1CCCN(C(C)C(=O)Nc2ccc3c(c2)OCO3)C1. The molecule has 7 nitrogen and oxygen atoms in total. The van der Waals surface area contributed by atoms with Crippen LogP contribution in [0.4, 0.5) is 5.69 Å². The summed E-state index contributed by atoms with van der Waals surface area (Å²) in [5, 5.41) is 5.98. The Morgan fingerprint density at radius 2 is 1.96 bits per heavy atom. The third-order valence-electron chi connectivity index (χ3n) is 5.21. The lowest BCUT2D eigenvalue weighted by atomic mass is 9.96. The second-order valence-corrected chi connectivity index (χ2v) is 7.64. The number of hydrogen-bond acceptors (Lipinski definition) is 5. The predicted molar refractivity (Wildman–Crippen MR) is 103 cm³/mol. The molecule has 1 fully saturated rings. The average molecular weight is 375 g/mol. The Hall–Kier alpha value is -2.28. The molecular weight excluding hydrogens is 346 g/mol. The number of hydrogen-bond donors (Lipinski definition) is 2. The Morgan fingerprint density at radius 3 is 2.74 bits per heavy atom. The van der Waals surface area contributed by atoms with Crippen LogP contribution in [0.25, 0.3) is 0 Å². The average Bonchev–Trinajstić information content (AvgIpc) is 3.13. The van der Waals surface area contributed by atoms with E-state index in [-0.39, 0.29) is 30.6 Å². The Morgan fingerprint density at radius 1 is 1.19 bits per heavy atom. The van der Waals surface area contributed by atoms with E-state index in [9.17, 15) is 9.59 Å². The fourth-order valence-electron chi connectivity index (χ4n) is 3.45. The lowest BCUT2D eigenvalue weighted by Gasteiger charge is -2.36. The van der Waals surface area contributed by atoms with Gasteiger partial charge >= 0.3 is 0 Å². The number of nitrogens with zero attached hydrogens (tertiary/aromatic N) is 1. The molecule has 27 heavy (non-hydrogen) atoms. The number of piperidine rings is 1. The molecule has 148 valence electrons. The van der Waals surface area contributed by atoms with Gasteiger partial charge in [0.2, 0.25) is 18.6 Å². The summed E-state index contributed by atoms with van der Waals surface area (Å²) in [5.74, 6) is 1.77. The van der Waals surface area contributed by atoms with Gasteiger partial charge in [-0.2, -0.15) is 0 Å². The molecule has 1 aromatic rings. The zero-order chi connectivity index (χ0) is 19.4. The number of ether oxygens (including phenoxy) is 2. The second kappa shape index (κ2) is 8.61. The molecular formula is C20H29N3O4. The molecule has 0 aliphatic carbocycles. The smallest absolute Gasteiger partial charge is 0.241 e. The van der Waals surface area contributed by atoms with Crippen molar-refractivity contribution in [2.45, 2.75) is 39.7 Å². The summed E-state index contributed by atoms with van der Waals surface area (Å²) in [7, 11) is 0. The highest BCUT2D eigenvalue weighted by molar-refractivity contribution is 5.94. The Bertz CT molecular complexity index is 692. The lowest BCUT2D eigenvalue weighted by Crippen LogP contribution is -2.49. The molecule has 7 heteroatoms. The van der Waals surface area contributed by atoms with E-state index in [0.717, 1.165) is 25.9 Å². The van der Waals surface area contributed by atoms with Crippen molar-refractivity contribution in [1.82, 2.24) is 10.2 Å². The first kappa shape index (κ1) is 19.5. The normalized spacial score (nSPS) is 20.4. The van der Waals surface area contributed by atoms with Gasteiger partial charge in [-0.3, -0.25) is 14.5 Å². The van der Waals surface area contributed by atoms with E-state index in [0.29, 0.717) is 29.6 Å². The number of nitrogens with one attached hydrogen (secondary N) is 2. The molecule has 0 bridgehead atoms. The molecule has 2 N–H and O–H groups in total. The lowest BCUT2D eigenvalue weighted by molar-refractivity contribution is -0.125. The van der Waals surface area contributed by atoms with Crippen molar-refractivity contribution in [3.8, 4) is 11.5 Å². The second-order valence-electron chi connectivity index (χ2n) is 7.64. The number of benzene rings is 1. The highest BCUT2D eigenvalue weighted by Crippen LogP contribution is 2.34. The number of amides is 2. The molecule has 1 saturated heterocycles. The first-order chi connectivity index (χ1) is 12.9. The molecule has 2 aliphatic rings. The topological polar surface area (TPSA) is 79.9 Å². The Labute approximate surface area is 160 Å². The number of likely N-dealkylation sites (tertiary alicyclic amines) is 1. The van der Waals surface area contributed by atoms with Crippen LogP contribution in [0.15, 0.2) is 18.2 Å². The maximum absolute atomic E-state index is 12.7. The molecule has 3 rings (SSSR count). The third kappa shape index (κ3) is 4.91. The number of carbonyl (C=O) groups excluding carboxylic acids is 2. The van der Waals surface area contributed by atoms with Crippen LogP contribution >= 0.6 is 0 Å². The van der Waals surface area contributed by atoms with Gasteiger partial charge < -0.3 is 20.1 Å². The number of rotatable bonds is 6. The first-order valence-electron chi connectivity index (χ1n) is 9.66. The van der Waals surface area contributed by atoms with Gasteiger partial charge in [-0.25, -0.2) is 0 Å². The molecule has 2 unspecified atom stereocenters. The molecule has 2 amide bonds. The standard InChI is InChI=1S/C20H29N3O4/c1-13(2)19(24)21-10-15-5-4-8-23(11-15)14(3)20(25)22-16-6-7-17-18(9-16)27-12-26-17/h6-7,9,13-15H,4-5,8,10-12H2,1-3H3,(H,21,24)(H,22,25). The molecule has 2 atom stereocenters. The summed E-state index contributed by atoms with van der Waals surface area (Å²) >= 11 is 0. The quantitative estimate of drug-likeness (QED) is 0.797. The highest BCUT2D eigenvalue weighted by atomic mass is 16.7. The first-order valence-corrected chi connectivity index (χ1v) is 9.66. The molecule has 2 heterocycles. The van der Waals surface area contributed by atoms with Crippen LogP contribution in [0.3, 0.4) is 0 Å². The van der Waals surface area contributed by atoms with Crippen molar-refractivity contribution in [2.24, 2.45) is 11.8 Å². The van der Waals surface area contributed by atoms with Crippen LogP contribution in [0.5, 0.6) is 11.5 Å². The fraction of sp³-hybridized carbons (Fsp3) is 0.600. The van der Waals surface area contributed by atoms with E-state index < -0.39 is 0 Å². The zero-order valence-corrected chi connectivity index (χ0v) is 16.3. The van der Waals surface area contributed by atoms with Gasteiger partial charge in [-0.15, -0.1) is 0 Å². The van der Waals surface area contributed by atoms with Crippen molar-refractivity contribution in [3.63, 3.8) is 0 Å². The van der Waals surface area contributed by atoms with Gasteiger partial charge in [0.25, 0.3) is 0 Å². The van der Waals surface area contributed by atoms with Gasteiger partial charge in [-0.05, 0) is 44.4 Å². The van der Waals surface area contributed by atoms with Gasteiger partial charge in [0.05, 0.1) is 6.04 Å². The summed E-state index contributed by atoms with van der Waals surface area (Å²) in [6.07, 6.45) is 2.11. The Balaban J connectivity index is 1.52. The maximum atomic E-state index is 12.7. The summed E-state index contributed by atoms with van der Waals surface area (Å²) < 4.78 is 10.7. The molecule has 0 radical (unpaired) electrons. The van der Waals surface area contributed by atoms with Crippen molar-refractivity contribution >= 4 is 17.5 Å². The van der Waals surface area contributed by atoms with Crippen LogP contribution in [0.2, 0.25) is 0 Å². The van der Waals surface area contributed by atoms with Crippen LogP contribution < -0.4 is 20.1 Å². The summed E-state index contributed by atoms with van der Waals surface area (Å²) in [6.45, 7) is 8.31. The minimum Gasteiger partial charge on any atom is -0.454 e. The van der Waals surface area contributed by atoms with Gasteiger partial charge in [-0.1, -0.05) is 13.8 Å². The van der Waals surface area contributed by atoms with Crippen LogP contribution in [0, 0.1) is 11.8 Å². The fourth-order valence-corrected chi connectivity index (χ4v) is 3.45. The van der Waals surface area contributed by atoms with E-state index in [1.165, 1.54) is 0 Å². The van der Waals surface area contributed by atoms with E-state index in [1.807, 2.05) is 26.8 Å². The van der Waals surface area contributed by atoms with Gasteiger partial charge in [0.1, 0.15) is 0 Å². The van der Waals surface area contributed by atoms with Crippen LogP contribution in [0.1, 0.15) is 33.6 Å². The monoisotopic (exact) mass is 375 g/mol. The van der Waals surface area contributed by atoms with Crippen LogP contribution in [-0.2, 0) is 9.59 Å².